The number of rotatable bonds is 4. The molecule has 2 heterocycles. The van der Waals surface area contributed by atoms with Gasteiger partial charge in [0.25, 0.3) is 5.95 Å². The fourth-order valence-electron chi connectivity index (χ4n) is 3.49. The van der Waals surface area contributed by atoms with Crippen LogP contribution in [0.3, 0.4) is 0 Å². The molecule has 0 radical (unpaired) electrons. The van der Waals surface area contributed by atoms with E-state index in [0.29, 0.717) is 5.95 Å². The number of hydrogen-bond acceptors (Lipinski definition) is 6. The van der Waals surface area contributed by atoms with E-state index in [0.717, 1.165) is 50.1 Å². The Hall–Kier alpha value is -2.60. The molecular formula is C21H26N6. The maximum Gasteiger partial charge on any atom is 0.254 e. The van der Waals surface area contributed by atoms with Crippen molar-refractivity contribution in [3.8, 4) is 0 Å². The maximum absolute atomic E-state index is 4.83. The highest BCUT2D eigenvalue weighted by Gasteiger charge is 2.27. The molecule has 1 aromatic heterocycles. The molecule has 27 heavy (non-hydrogen) atoms. The summed E-state index contributed by atoms with van der Waals surface area (Å²) in [5.74, 6) is 2.31. The third-order valence-electron chi connectivity index (χ3n) is 5.25. The second-order valence-corrected chi connectivity index (χ2v) is 7.23. The van der Waals surface area contributed by atoms with Crippen molar-refractivity contribution in [1.82, 2.24) is 19.9 Å². The zero-order valence-electron chi connectivity index (χ0n) is 16.3. The monoisotopic (exact) mass is 362 g/mol. The van der Waals surface area contributed by atoms with Crippen LogP contribution in [0, 0.1) is 0 Å². The van der Waals surface area contributed by atoms with Crippen LogP contribution in [0.2, 0.25) is 0 Å². The Bertz CT molecular complexity index is 865. The number of aryl methyl sites for hydroxylation is 1. The third kappa shape index (κ3) is 3.76. The average Bonchev–Trinajstić information content (AvgIpc) is 2.71. The van der Waals surface area contributed by atoms with Crippen LogP contribution in [0.25, 0.3) is 0 Å². The van der Waals surface area contributed by atoms with Crippen LogP contribution in [0.1, 0.15) is 31.2 Å². The summed E-state index contributed by atoms with van der Waals surface area (Å²) in [5.41, 5.74) is 3.51. The van der Waals surface area contributed by atoms with E-state index < -0.39 is 0 Å². The summed E-state index contributed by atoms with van der Waals surface area (Å²) >= 11 is 0. The first-order chi connectivity index (χ1) is 13.1. The van der Waals surface area contributed by atoms with E-state index in [9.17, 15) is 0 Å². The number of allylic oxidation sites excluding steroid dienone is 2. The summed E-state index contributed by atoms with van der Waals surface area (Å²) in [6.45, 7) is 8.09. The van der Waals surface area contributed by atoms with E-state index in [-0.39, 0.29) is 5.92 Å². The zero-order chi connectivity index (χ0) is 18.8. The molecule has 1 fully saturated rings. The summed E-state index contributed by atoms with van der Waals surface area (Å²) in [6, 6.07) is 10.5. The van der Waals surface area contributed by atoms with Gasteiger partial charge in [0, 0.05) is 38.5 Å². The van der Waals surface area contributed by atoms with Crippen LogP contribution >= 0.6 is 0 Å². The van der Waals surface area contributed by atoms with Gasteiger partial charge in [-0.05, 0) is 25.1 Å². The first-order valence-electron chi connectivity index (χ1n) is 9.65. The van der Waals surface area contributed by atoms with Gasteiger partial charge in [0.2, 0.25) is 5.95 Å². The van der Waals surface area contributed by atoms with Crippen LogP contribution in [-0.2, 0) is 6.42 Å². The van der Waals surface area contributed by atoms with Crippen LogP contribution in [-0.4, -0.2) is 58.8 Å². The van der Waals surface area contributed by atoms with Crippen molar-refractivity contribution >= 4 is 17.6 Å². The summed E-state index contributed by atoms with van der Waals surface area (Å²) in [5, 5.41) is 0. The van der Waals surface area contributed by atoms with E-state index in [1.54, 1.807) is 0 Å². The molecule has 0 saturated carbocycles. The van der Waals surface area contributed by atoms with Crippen molar-refractivity contribution < 1.29 is 0 Å². The van der Waals surface area contributed by atoms with Crippen LogP contribution < -0.4 is 4.90 Å². The molecule has 1 aromatic carbocycles. The van der Waals surface area contributed by atoms with Crippen molar-refractivity contribution in [2.24, 2.45) is 4.99 Å². The normalized spacial score (nSPS) is 21.9. The Balaban J connectivity index is 1.64. The lowest BCUT2D eigenvalue weighted by Gasteiger charge is -2.32. The lowest BCUT2D eigenvalue weighted by Crippen LogP contribution is -2.45. The number of piperazine rings is 1. The summed E-state index contributed by atoms with van der Waals surface area (Å²) in [7, 11) is 2.15. The third-order valence-corrected chi connectivity index (χ3v) is 5.25. The number of anilines is 1. The molecule has 0 bridgehead atoms. The van der Waals surface area contributed by atoms with Crippen molar-refractivity contribution in [1.29, 1.82) is 0 Å². The van der Waals surface area contributed by atoms with Crippen molar-refractivity contribution in [3.05, 3.63) is 53.4 Å². The van der Waals surface area contributed by atoms with Gasteiger partial charge < -0.3 is 9.80 Å². The smallest absolute Gasteiger partial charge is 0.254 e. The Morgan fingerprint density at radius 3 is 2.44 bits per heavy atom. The molecule has 0 spiro atoms. The minimum Gasteiger partial charge on any atom is -0.338 e. The Kier molecular flexibility index (Phi) is 4.99. The number of benzene rings is 1. The maximum atomic E-state index is 4.83. The van der Waals surface area contributed by atoms with Gasteiger partial charge in [0.15, 0.2) is 0 Å². The topological polar surface area (TPSA) is 57.5 Å². The number of nitrogens with zero attached hydrogens (tertiary/aromatic N) is 6. The number of aromatic nitrogens is 3. The van der Waals surface area contributed by atoms with Gasteiger partial charge in [-0.15, -0.1) is 0 Å². The number of hydrogen-bond donors (Lipinski definition) is 0. The van der Waals surface area contributed by atoms with E-state index in [1.165, 1.54) is 11.1 Å². The highest BCUT2D eigenvalue weighted by atomic mass is 15.3. The average molecular weight is 362 g/mol. The van der Waals surface area contributed by atoms with E-state index >= 15 is 0 Å². The van der Waals surface area contributed by atoms with Crippen molar-refractivity contribution in [2.45, 2.75) is 26.2 Å². The molecule has 4 rings (SSSR count). The predicted octanol–water partition coefficient (Wildman–Crippen LogP) is 3.00. The van der Waals surface area contributed by atoms with Gasteiger partial charge in [0.1, 0.15) is 5.82 Å². The Morgan fingerprint density at radius 2 is 1.78 bits per heavy atom. The molecule has 0 amide bonds. The molecule has 6 heteroatoms. The second kappa shape index (κ2) is 7.56. The van der Waals surface area contributed by atoms with E-state index in [2.05, 4.69) is 76.0 Å². The predicted molar refractivity (Wildman–Crippen MR) is 109 cm³/mol. The first kappa shape index (κ1) is 17.8. The fraction of sp³-hybridized carbons (Fsp3) is 0.429. The molecule has 1 aliphatic carbocycles. The minimum atomic E-state index is 0.222. The molecule has 1 saturated heterocycles. The molecule has 2 aliphatic rings. The largest absolute Gasteiger partial charge is 0.338 e. The second-order valence-electron chi connectivity index (χ2n) is 7.23. The van der Waals surface area contributed by atoms with E-state index in [4.69, 9.17) is 4.99 Å². The summed E-state index contributed by atoms with van der Waals surface area (Å²) in [4.78, 5) is 23.3. The summed E-state index contributed by atoms with van der Waals surface area (Å²) < 4.78 is 0. The van der Waals surface area contributed by atoms with Gasteiger partial charge in [-0.25, -0.2) is 4.99 Å². The van der Waals surface area contributed by atoms with Gasteiger partial charge in [-0.1, -0.05) is 43.3 Å². The first-order valence-corrected chi connectivity index (χ1v) is 9.65. The van der Waals surface area contributed by atoms with Gasteiger partial charge in [-0.2, -0.15) is 15.0 Å². The molecule has 6 nitrogen and oxygen atoms in total. The van der Waals surface area contributed by atoms with Gasteiger partial charge >= 0.3 is 0 Å². The zero-order valence-corrected chi connectivity index (χ0v) is 16.3. The van der Waals surface area contributed by atoms with Gasteiger partial charge in [0.05, 0.1) is 5.71 Å². The lowest BCUT2D eigenvalue weighted by molar-refractivity contribution is 0.311. The molecule has 1 atom stereocenters. The molecule has 0 N–H and O–H groups in total. The quantitative estimate of drug-likeness (QED) is 0.837. The van der Waals surface area contributed by atoms with E-state index in [1.807, 2.05) is 6.07 Å². The molecular weight excluding hydrogens is 336 g/mol. The van der Waals surface area contributed by atoms with Crippen molar-refractivity contribution in [3.63, 3.8) is 0 Å². The standard InChI is InChI=1S/C21H26N6/c1-4-18-22-20(25-21(23-18)27-12-10-26(3)11-13-27)24-19-15(2)14-17(19)16-8-6-5-7-9-16/h5-9,14,17H,4,10-13H2,1-3H3. The highest BCUT2D eigenvalue weighted by Crippen LogP contribution is 2.33. The summed E-state index contributed by atoms with van der Waals surface area (Å²) in [6.07, 6.45) is 3.02. The number of aliphatic imine (C=N–C) groups is 1. The molecule has 140 valence electrons. The molecule has 1 unspecified atom stereocenters. The van der Waals surface area contributed by atoms with Crippen molar-refractivity contribution in [2.75, 3.05) is 38.1 Å². The fourth-order valence-corrected chi connectivity index (χ4v) is 3.49. The van der Waals surface area contributed by atoms with Gasteiger partial charge in [-0.3, -0.25) is 0 Å². The molecule has 2 aromatic rings. The lowest BCUT2D eigenvalue weighted by atomic mass is 9.80. The minimum absolute atomic E-state index is 0.222. The molecule has 1 aliphatic heterocycles. The van der Waals surface area contributed by atoms with Crippen LogP contribution in [0.4, 0.5) is 11.9 Å². The number of likely N-dealkylation sites (N-methyl/N-ethyl adjacent to an activating group) is 1. The Labute approximate surface area is 160 Å². The highest BCUT2D eigenvalue weighted by molar-refractivity contribution is 6.12. The SMILES string of the molecule is CCc1nc(N=C2C(C)=CC2c2ccccc2)nc(N2CCN(C)CC2)n1. The van der Waals surface area contributed by atoms with Crippen LogP contribution in [0.5, 0.6) is 0 Å². The van der Waals surface area contributed by atoms with Crippen LogP contribution in [0.15, 0.2) is 47.0 Å². The Morgan fingerprint density at radius 1 is 1.04 bits per heavy atom.